The zero-order valence-corrected chi connectivity index (χ0v) is 13.7. The number of nitrogens with zero attached hydrogens (tertiary/aromatic N) is 2. The first-order valence-corrected chi connectivity index (χ1v) is 8.24. The highest BCUT2D eigenvalue weighted by Crippen LogP contribution is 2.32. The third-order valence-corrected chi connectivity index (χ3v) is 4.09. The number of benzene rings is 1. The number of methoxy groups -OCH3 is 1. The van der Waals surface area contributed by atoms with Gasteiger partial charge in [-0.15, -0.1) is 0 Å². The van der Waals surface area contributed by atoms with Crippen LogP contribution in [0.4, 0.5) is 0 Å². The average Bonchev–Trinajstić information content (AvgIpc) is 2.83. The van der Waals surface area contributed by atoms with Gasteiger partial charge in [0.05, 0.1) is 19.8 Å². The van der Waals surface area contributed by atoms with Gasteiger partial charge >= 0.3 is 0 Å². The highest BCUT2D eigenvalue weighted by atomic mass is 16.5. The largest absolute Gasteiger partial charge is 0.493 e. The van der Waals surface area contributed by atoms with Gasteiger partial charge in [-0.05, 0) is 50.0 Å². The van der Waals surface area contributed by atoms with Gasteiger partial charge in [-0.1, -0.05) is 25.8 Å². The molecule has 1 aromatic rings. The molecule has 120 valence electrons. The van der Waals surface area contributed by atoms with E-state index in [2.05, 4.69) is 17.9 Å². The minimum atomic E-state index is -0.202. The predicted octanol–water partition coefficient (Wildman–Crippen LogP) is 3.92. The number of ether oxygens (including phenoxy) is 2. The number of likely N-dealkylation sites (tertiary alicyclic amines) is 1. The summed E-state index contributed by atoms with van der Waals surface area (Å²) in [7, 11) is 1.64. The van der Waals surface area contributed by atoms with Crippen LogP contribution in [0.3, 0.4) is 0 Å². The third kappa shape index (κ3) is 4.14. The smallest absolute Gasteiger partial charge is 0.161 e. The van der Waals surface area contributed by atoms with E-state index in [-0.39, 0.29) is 6.04 Å². The molecule has 1 aliphatic heterocycles. The van der Waals surface area contributed by atoms with Crippen LogP contribution in [0.25, 0.3) is 0 Å². The number of hydrogen-bond donors (Lipinski definition) is 0. The van der Waals surface area contributed by atoms with Crippen LogP contribution in [0.1, 0.15) is 50.6 Å². The first-order chi connectivity index (χ1) is 10.8. The van der Waals surface area contributed by atoms with Crippen molar-refractivity contribution in [2.75, 3.05) is 26.8 Å². The molecular formula is C18H26N2O2. The van der Waals surface area contributed by atoms with Crippen molar-refractivity contribution < 1.29 is 9.47 Å². The summed E-state index contributed by atoms with van der Waals surface area (Å²) in [6, 6.07) is 8.12. The van der Waals surface area contributed by atoms with E-state index >= 15 is 0 Å². The Kier molecular flexibility index (Phi) is 6.54. The SMILES string of the molecule is CCCOc1ccc(C(C#N)N2CCCCCC2)cc1OC. The van der Waals surface area contributed by atoms with Crippen molar-refractivity contribution in [3.63, 3.8) is 0 Å². The Labute approximate surface area is 133 Å². The molecule has 22 heavy (non-hydrogen) atoms. The van der Waals surface area contributed by atoms with Gasteiger partial charge in [-0.2, -0.15) is 5.26 Å². The van der Waals surface area contributed by atoms with Crippen LogP contribution in [-0.2, 0) is 0 Å². The molecule has 4 nitrogen and oxygen atoms in total. The number of nitriles is 1. The molecule has 0 N–H and O–H groups in total. The molecule has 0 saturated carbocycles. The summed E-state index contributed by atoms with van der Waals surface area (Å²) in [5.74, 6) is 1.46. The van der Waals surface area contributed by atoms with Gasteiger partial charge in [0.25, 0.3) is 0 Å². The zero-order valence-electron chi connectivity index (χ0n) is 13.7. The van der Waals surface area contributed by atoms with Gasteiger partial charge in [0.15, 0.2) is 11.5 Å². The van der Waals surface area contributed by atoms with E-state index < -0.39 is 0 Å². The molecule has 0 radical (unpaired) electrons. The van der Waals surface area contributed by atoms with Crippen molar-refractivity contribution in [3.8, 4) is 17.6 Å². The maximum absolute atomic E-state index is 9.63. The molecule has 1 unspecified atom stereocenters. The fraction of sp³-hybridized carbons (Fsp3) is 0.611. The molecule has 4 heteroatoms. The molecule has 2 rings (SSSR count). The lowest BCUT2D eigenvalue weighted by molar-refractivity contribution is 0.244. The van der Waals surface area contributed by atoms with Gasteiger partial charge in [-0.25, -0.2) is 0 Å². The number of rotatable bonds is 6. The van der Waals surface area contributed by atoms with Gasteiger partial charge < -0.3 is 9.47 Å². The lowest BCUT2D eigenvalue weighted by Crippen LogP contribution is -2.28. The summed E-state index contributed by atoms with van der Waals surface area (Å²) < 4.78 is 11.1. The minimum absolute atomic E-state index is 0.202. The van der Waals surface area contributed by atoms with E-state index in [1.807, 2.05) is 18.2 Å². The number of hydrogen-bond acceptors (Lipinski definition) is 4. The average molecular weight is 302 g/mol. The summed E-state index contributed by atoms with van der Waals surface area (Å²) in [6.07, 6.45) is 5.84. The van der Waals surface area contributed by atoms with Crippen LogP contribution in [0, 0.1) is 11.3 Å². The molecule has 1 atom stereocenters. The van der Waals surface area contributed by atoms with Gasteiger partial charge in [0.2, 0.25) is 0 Å². The van der Waals surface area contributed by atoms with Crippen LogP contribution < -0.4 is 9.47 Å². The third-order valence-electron chi connectivity index (χ3n) is 4.09. The second-order valence-corrected chi connectivity index (χ2v) is 5.74. The summed E-state index contributed by atoms with van der Waals surface area (Å²) in [6.45, 7) is 4.73. The van der Waals surface area contributed by atoms with Crippen molar-refractivity contribution in [2.45, 2.75) is 45.1 Å². The van der Waals surface area contributed by atoms with Crippen molar-refractivity contribution in [2.24, 2.45) is 0 Å². The molecule has 0 aliphatic carbocycles. The van der Waals surface area contributed by atoms with Crippen molar-refractivity contribution >= 4 is 0 Å². The minimum Gasteiger partial charge on any atom is -0.493 e. The molecule has 0 bridgehead atoms. The Morgan fingerprint density at radius 2 is 1.91 bits per heavy atom. The molecule has 1 heterocycles. The molecule has 1 aliphatic rings. The Morgan fingerprint density at radius 1 is 1.18 bits per heavy atom. The second kappa shape index (κ2) is 8.65. The molecule has 1 aromatic carbocycles. The molecule has 0 spiro atoms. The Hall–Kier alpha value is -1.73. The van der Waals surface area contributed by atoms with Crippen molar-refractivity contribution in [1.29, 1.82) is 5.26 Å². The van der Waals surface area contributed by atoms with E-state index in [0.717, 1.165) is 30.8 Å². The van der Waals surface area contributed by atoms with Crippen LogP contribution in [-0.4, -0.2) is 31.7 Å². The van der Waals surface area contributed by atoms with E-state index in [9.17, 15) is 5.26 Å². The highest BCUT2D eigenvalue weighted by Gasteiger charge is 2.22. The fourth-order valence-electron chi connectivity index (χ4n) is 2.91. The van der Waals surface area contributed by atoms with Crippen LogP contribution in [0.15, 0.2) is 18.2 Å². The van der Waals surface area contributed by atoms with Crippen molar-refractivity contribution in [1.82, 2.24) is 4.90 Å². The summed E-state index contributed by atoms with van der Waals surface area (Å²) in [5, 5.41) is 9.63. The molecular weight excluding hydrogens is 276 g/mol. The first-order valence-electron chi connectivity index (χ1n) is 8.24. The monoisotopic (exact) mass is 302 g/mol. The van der Waals surface area contributed by atoms with Crippen molar-refractivity contribution in [3.05, 3.63) is 23.8 Å². The summed E-state index contributed by atoms with van der Waals surface area (Å²) in [4.78, 5) is 2.29. The summed E-state index contributed by atoms with van der Waals surface area (Å²) >= 11 is 0. The molecule has 1 fully saturated rings. The fourth-order valence-corrected chi connectivity index (χ4v) is 2.91. The van der Waals surface area contributed by atoms with Crippen LogP contribution in [0.2, 0.25) is 0 Å². The van der Waals surface area contributed by atoms with E-state index in [4.69, 9.17) is 9.47 Å². The lowest BCUT2D eigenvalue weighted by Gasteiger charge is -2.26. The zero-order chi connectivity index (χ0) is 15.8. The summed E-state index contributed by atoms with van der Waals surface area (Å²) in [5.41, 5.74) is 0.991. The van der Waals surface area contributed by atoms with E-state index in [1.54, 1.807) is 7.11 Å². The Bertz CT molecular complexity index is 502. The first kappa shape index (κ1) is 16.6. The molecule has 0 amide bonds. The molecule has 1 saturated heterocycles. The van der Waals surface area contributed by atoms with Crippen LogP contribution in [0.5, 0.6) is 11.5 Å². The normalized spacial score (nSPS) is 17.3. The van der Waals surface area contributed by atoms with E-state index in [0.29, 0.717) is 12.4 Å². The second-order valence-electron chi connectivity index (χ2n) is 5.74. The Morgan fingerprint density at radius 3 is 2.50 bits per heavy atom. The van der Waals surface area contributed by atoms with Gasteiger partial charge in [0, 0.05) is 0 Å². The highest BCUT2D eigenvalue weighted by molar-refractivity contribution is 5.44. The van der Waals surface area contributed by atoms with Crippen LogP contribution >= 0.6 is 0 Å². The maximum Gasteiger partial charge on any atom is 0.161 e. The maximum atomic E-state index is 9.63. The van der Waals surface area contributed by atoms with Gasteiger partial charge in [-0.3, -0.25) is 4.90 Å². The van der Waals surface area contributed by atoms with Gasteiger partial charge in [0.1, 0.15) is 6.04 Å². The quantitative estimate of drug-likeness (QED) is 0.799. The molecule has 0 aromatic heterocycles. The topological polar surface area (TPSA) is 45.5 Å². The Balaban J connectivity index is 2.19. The standard InChI is InChI=1S/C18H26N2O2/c1-3-12-22-17-9-8-15(13-18(17)21-2)16(14-19)20-10-6-4-5-7-11-20/h8-9,13,16H,3-7,10-12H2,1-2H3. The lowest BCUT2D eigenvalue weighted by atomic mass is 10.1. The van der Waals surface area contributed by atoms with E-state index in [1.165, 1.54) is 25.7 Å². The predicted molar refractivity (Wildman–Crippen MR) is 87.2 cm³/mol.